The van der Waals surface area contributed by atoms with Crippen molar-refractivity contribution in [2.75, 3.05) is 13.2 Å². The first-order valence-electron chi connectivity index (χ1n) is 29.3. The van der Waals surface area contributed by atoms with Gasteiger partial charge in [0.25, 0.3) is 0 Å². The van der Waals surface area contributed by atoms with Crippen molar-refractivity contribution in [3.05, 3.63) is 96.1 Å². The maximum Gasteiger partial charge on any atom is 0.338 e. The number of hydrogen-bond donors (Lipinski definition) is 3. The fourth-order valence-electron chi connectivity index (χ4n) is 9.85. The Labute approximate surface area is 436 Å². The number of carbonyl (C=O) groups is 2. The van der Waals surface area contributed by atoms with Crippen LogP contribution < -0.4 is 5.32 Å². The molecular weight excluding hydrogens is 903 g/mol. The van der Waals surface area contributed by atoms with Crippen LogP contribution in [0.2, 0.25) is 0 Å². The summed E-state index contributed by atoms with van der Waals surface area (Å²) in [4.78, 5) is 27.2. The molecule has 4 rings (SSSR count). The zero-order valence-electron chi connectivity index (χ0n) is 45.0. The molecule has 2 aliphatic heterocycles. The summed E-state index contributed by atoms with van der Waals surface area (Å²) in [6.45, 7) is 4.46. The number of rotatable bonds is 42. The van der Waals surface area contributed by atoms with Gasteiger partial charge in [0.1, 0.15) is 30.5 Å². The van der Waals surface area contributed by atoms with Gasteiger partial charge in [-0.1, -0.05) is 254 Å². The van der Waals surface area contributed by atoms with E-state index in [9.17, 15) is 19.8 Å². The number of aliphatic hydroxyl groups is 2. The number of hydrogen-bond acceptors (Lipinski definition) is 9. The Morgan fingerprint density at radius 3 is 1.56 bits per heavy atom. The third kappa shape index (κ3) is 26.2. The molecule has 2 aromatic carbocycles. The average Bonchev–Trinajstić information content (AvgIpc) is 3.40. The molecule has 0 bridgehead atoms. The highest BCUT2D eigenvalue weighted by Gasteiger charge is 2.49. The number of fused-ring (bicyclic) bond motifs is 1. The summed E-state index contributed by atoms with van der Waals surface area (Å²) in [6.07, 6.45) is 40.7. The molecule has 2 aliphatic rings. The molecule has 0 spiro atoms. The van der Waals surface area contributed by atoms with Gasteiger partial charge >= 0.3 is 5.97 Å². The normalized spacial score (nSPS) is 20.9. The van der Waals surface area contributed by atoms with Crippen molar-refractivity contribution < 1.29 is 43.5 Å². The lowest BCUT2D eigenvalue weighted by Gasteiger charge is -2.46. The summed E-state index contributed by atoms with van der Waals surface area (Å²) in [5.41, 5.74) is 1.18. The van der Waals surface area contributed by atoms with Gasteiger partial charge in [-0.15, -0.1) is 0 Å². The maximum atomic E-state index is 13.6. The molecule has 1 unspecified atom stereocenters. The topological polar surface area (TPSA) is 133 Å². The Kier molecular flexibility index (Phi) is 34.0. The van der Waals surface area contributed by atoms with Crippen molar-refractivity contribution in [3.8, 4) is 0 Å². The van der Waals surface area contributed by atoms with Crippen LogP contribution in [0.5, 0.6) is 0 Å². The van der Waals surface area contributed by atoms with E-state index in [-0.39, 0.29) is 19.1 Å². The SMILES string of the molecule is CCCCCCCCCCCCCC=C[C@@H](OC(=O)c1ccccc1)[C@H](CO[C@H]1O[C@@H]2COC(c3ccccc3)O[C@@H]2[C@H](O)[C@H]1O)NC(=O)C=CCCCCCCCCCCCCCCCCCCCCC. The predicted molar refractivity (Wildman–Crippen MR) is 292 cm³/mol. The van der Waals surface area contributed by atoms with Crippen molar-refractivity contribution in [3.63, 3.8) is 0 Å². The van der Waals surface area contributed by atoms with E-state index in [1.807, 2.05) is 54.6 Å². The van der Waals surface area contributed by atoms with Crippen LogP contribution >= 0.6 is 0 Å². The van der Waals surface area contributed by atoms with E-state index in [2.05, 4.69) is 19.2 Å². The molecule has 72 heavy (non-hydrogen) atoms. The van der Waals surface area contributed by atoms with Gasteiger partial charge in [-0.3, -0.25) is 4.79 Å². The minimum atomic E-state index is -1.46. The lowest BCUT2D eigenvalue weighted by atomic mass is 9.98. The molecule has 406 valence electrons. The Hall–Kier alpha value is -3.38. The van der Waals surface area contributed by atoms with E-state index >= 15 is 0 Å². The van der Waals surface area contributed by atoms with Gasteiger partial charge in [-0.05, 0) is 50.0 Å². The first-order valence-corrected chi connectivity index (χ1v) is 29.3. The summed E-state index contributed by atoms with van der Waals surface area (Å²) in [5.74, 6) is -0.872. The van der Waals surface area contributed by atoms with Crippen LogP contribution in [-0.2, 0) is 28.5 Å². The van der Waals surface area contributed by atoms with Crippen LogP contribution in [0.1, 0.15) is 242 Å². The minimum Gasteiger partial charge on any atom is -0.452 e. The molecule has 0 radical (unpaired) electrons. The zero-order valence-corrected chi connectivity index (χ0v) is 45.0. The number of carbonyl (C=O) groups excluding carboxylic acids is 2. The summed E-state index contributed by atoms with van der Waals surface area (Å²) in [6, 6.07) is 17.4. The van der Waals surface area contributed by atoms with Crippen LogP contribution in [0.25, 0.3) is 0 Å². The van der Waals surface area contributed by atoms with Crippen LogP contribution in [0.4, 0.5) is 0 Å². The molecule has 8 atom stereocenters. The Morgan fingerprint density at radius 1 is 0.597 bits per heavy atom. The molecule has 1 amide bonds. The van der Waals surface area contributed by atoms with Crippen LogP contribution in [-0.4, -0.2) is 78.2 Å². The van der Waals surface area contributed by atoms with Gasteiger partial charge in [0, 0.05) is 5.56 Å². The van der Waals surface area contributed by atoms with Crippen molar-refractivity contribution in [2.24, 2.45) is 0 Å². The summed E-state index contributed by atoms with van der Waals surface area (Å²) < 4.78 is 30.6. The number of amides is 1. The molecule has 3 N–H and O–H groups in total. The van der Waals surface area contributed by atoms with Crippen molar-refractivity contribution >= 4 is 11.9 Å². The van der Waals surface area contributed by atoms with E-state index in [4.69, 9.17) is 23.7 Å². The standard InChI is InChI=1S/C62H99NO9/c1-3-5-7-9-11-13-15-17-18-19-20-21-22-23-24-26-28-30-32-34-42-48-56(64)63-53(49-68-62-58(66)57(65)59-55(71-62)50-69-61(72-59)52-45-39-36-40-46-52)54(70-60(67)51-43-37-35-38-44-51)47-41-33-31-29-27-25-16-14-12-10-8-6-4-2/h35-48,53-55,57-59,61-62,65-66H,3-34,49-50H2,1-2H3,(H,63,64)/t53-,54+,55+,57+,58+,59-,61?,62-/m0/s1. The monoisotopic (exact) mass is 1000 g/mol. The third-order valence-electron chi connectivity index (χ3n) is 14.4. The molecule has 10 nitrogen and oxygen atoms in total. The van der Waals surface area contributed by atoms with Gasteiger partial charge in [-0.25, -0.2) is 4.79 Å². The molecule has 0 aliphatic carbocycles. The summed E-state index contributed by atoms with van der Waals surface area (Å²) in [7, 11) is 0. The zero-order chi connectivity index (χ0) is 51.1. The number of allylic oxidation sites excluding steroid dienone is 2. The first kappa shape index (κ1) is 61.2. The maximum absolute atomic E-state index is 13.6. The number of esters is 1. The minimum absolute atomic E-state index is 0.109. The smallest absolute Gasteiger partial charge is 0.338 e. The highest BCUT2D eigenvalue weighted by Crippen LogP contribution is 2.34. The highest BCUT2D eigenvalue weighted by molar-refractivity contribution is 5.90. The molecular formula is C62H99NO9. The Balaban J connectivity index is 1.26. The second-order valence-corrected chi connectivity index (χ2v) is 20.7. The highest BCUT2D eigenvalue weighted by atomic mass is 16.8. The second kappa shape index (κ2) is 40.0. The third-order valence-corrected chi connectivity index (χ3v) is 14.4. The molecule has 2 heterocycles. The average molecular weight is 1000 g/mol. The van der Waals surface area contributed by atoms with Crippen molar-refractivity contribution in [2.45, 2.75) is 268 Å². The van der Waals surface area contributed by atoms with E-state index in [0.29, 0.717) is 5.56 Å². The quantitative estimate of drug-likeness (QED) is 0.0257. The largest absolute Gasteiger partial charge is 0.452 e. The molecule has 10 heteroatoms. The van der Waals surface area contributed by atoms with Crippen molar-refractivity contribution in [1.82, 2.24) is 5.32 Å². The van der Waals surface area contributed by atoms with E-state index in [1.165, 1.54) is 167 Å². The van der Waals surface area contributed by atoms with E-state index < -0.39 is 55.1 Å². The second-order valence-electron chi connectivity index (χ2n) is 20.7. The molecule has 2 saturated heterocycles. The number of unbranched alkanes of at least 4 members (excludes halogenated alkanes) is 30. The summed E-state index contributed by atoms with van der Waals surface area (Å²) >= 11 is 0. The predicted octanol–water partition coefficient (Wildman–Crippen LogP) is 14.9. The lowest BCUT2D eigenvalue weighted by Crippen LogP contribution is -2.62. The lowest BCUT2D eigenvalue weighted by molar-refractivity contribution is -0.362. The van der Waals surface area contributed by atoms with Crippen LogP contribution in [0.15, 0.2) is 85.0 Å². The first-order chi connectivity index (χ1) is 35.4. The number of nitrogens with one attached hydrogen (secondary N) is 1. The van der Waals surface area contributed by atoms with Gasteiger partial charge < -0.3 is 39.2 Å². The fourth-order valence-corrected chi connectivity index (χ4v) is 9.85. The van der Waals surface area contributed by atoms with Gasteiger partial charge in [0.2, 0.25) is 5.91 Å². The number of aliphatic hydroxyl groups excluding tert-OH is 2. The fraction of sp³-hybridized carbons (Fsp3) is 0.710. The molecule has 2 fully saturated rings. The molecule has 2 aromatic rings. The Morgan fingerprint density at radius 2 is 1.06 bits per heavy atom. The van der Waals surface area contributed by atoms with Gasteiger partial charge in [0.05, 0.1) is 24.8 Å². The van der Waals surface area contributed by atoms with Gasteiger partial charge in [0.15, 0.2) is 12.6 Å². The number of ether oxygens (including phenoxy) is 5. The van der Waals surface area contributed by atoms with Gasteiger partial charge in [-0.2, -0.15) is 0 Å². The van der Waals surface area contributed by atoms with Crippen molar-refractivity contribution in [1.29, 1.82) is 0 Å². The van der Waals surface area contributed by atoms with Crippen LogP contribution in [0, 0.1) is 0 Å². The van der Waals surface area contributed by atoms with E-state index in [1.54, 1.807) is 30.3 Å². The molecule has 0 saturated carbocycles. The number of benzene rings is 2. The Bertz CT molecular complexity index is 1690. The summed E-state index contributed by atoms with van der Waals surface area (Å²) in [5, 5.41) is 25.7. The van der Waals surface area contributed by atoms with E-state index in [0.717, 1.165) is 44.1 Å². The molecule has 0 aromatic heterocycles. The van der Waals surface area contributed by atoms with Crippen LogP contribution in [0.3, 0.4) is 0 Å².